The first-order valence-electron chi connectivity index (χ1n) is 5.00. The van der Waals surface area contributed by atoms with Gasteiger partial charge in [0.25, 0.3) is 0 Å². The maximum Gasteiger partial charge on any atom is 0.228 e. The van der Waals surface area contributed by atoms with E-state index in [2.05, 4.69) is 10.1 Å². The second-order valence-electron chi connectivity index (χ2n) is 3.51. The van der Waals surface area contributed by atoms with Gasteiger partial charge in [0.05, 0.1) is 0 Å². The fourth-order valence-corrected chi connectivity index (χ4v) is 1.38. The van der Waals surface area contributed by atoms with E-state index in [4.69, 9.17) is 10.3 Å². The molecule has 0 spiro atoms. The maximum absolute atomic E-state index is 13.1. The summed E-state index contributed by atoms with van der Waals surface area (Å²) in [6, 6.07) is 4.70. The van der Waals surface area contributed by atoms with Crippen molar-refractivity contribution in [3.8, 4) is 11.4 Å². The molecule has 0 fully saturated rings. The van der Waals surface area contributed by atoms with Crippen LogP contribution in [0.2, 0.25) is 0 Å². The monoisotopic (exact) mass is 257 g/mol. The summed E-state index contributed by atoms with van der Waals surface area (Å²) >= 11 is 0. The summed E-state index contributed by atoms with van der Waals surface area (Å²) < 4.78 is 18.1. The Kier molecular flexibility index (Phi) is 4.60. The zero-order valence-electron chi connectivity index (χ0n) is 9.31. The lowest BCUT2D eigenvalue weighted by molar-refractivity contribution is 0.380. The Morgan fingerprint density at radius 3 is 2.82 bits per heavy atom. The van der Waals surface area contributed by atoms with Crippen molar-refractivity contribution in [2.75, 3.05) is 6.54 Å². The second kappa shape index (κ2) is 5.75. The number of nitrogens with two attached hydrogens (primary N) is 1. The number of benzene rings is 1. The van der Waals surface area contributed by atoms with Crippen molar-refractivity contribution in [3.63, 3.8) is 0 Å². The summed E-state index contributed by atoms with van der Waals surface area (Å²) in [6.07, 6.45) is 0.549. The van der Waals surface area contributed by atoms with Crippen LogP contribution in [0.25, 0.3) is 11.4 Å². The first-order valence-corrected chi connectivity index (χ1v) is 5.00. The third-order valence-corrected chi connectivity index (χ3v) is 2.24. The van der Waals surface area contributed by atoms with Gasteiger partial charge >= 0.3 is 0 Å². The molecule has 0 aliphatic rings. The Morgan fingerprint density at radius 1 is 1.41 bits per heavy atom. The maximum atomic E-state index is 13.1. The van der Waals surface area contributed by atoms with Crippen LogP contribution in [0.5, 0.6) is 0 Å². The molecule has 0 unspecified atom stereocenters. The molecule has 1 aromatic heterocycles. The summed E-state index contributed by atoms with van der Waals surface area (Å²) in [5.41, 5.74) is 6.67. The van der Waals surface area contributed by atoms with Crippen molar-refractivity contribution < 1.29 is 8.91 Å². The van der Waals surface area contributed by atoms with E-state index >= 15 is 0 Å². The van der Waals surface area contributed by atoms with Crippen molar-refractivity contribution in [2.24, 2.45) is 5.73 Å². The average molecular weight is 258 g/mol. The van der Waals surface area contributed by atoms with Crippen LogP contribution in [0.3, 0.4) is 0 Å². The van der Waals surface area contributed by atoms with Gasteiger partial charge in [0.2, 0.25) is 11.7 Å². The van der Waals surface area contributed by atoms with Crippen molar-refractivity contribution in [3.05, 3.63) is 35.5 Å². The first-order chi connectivity index (χ1) is 7.70. The topological polar surface area (TPSA) is 64.9 Å². The van der Waals surface area contributed by atoms with E-state index in [1.165, 1.54) is 6.07 Å². The summed E-state index contributed by atoms with van der Waals surface area (Å²) in [6.45, 7) is 2.16. The normalized spacial score (nSPS) is 10.1. The van der Waals surface area contributed by atoms with Crippen LogP contribution in [-0.2, 0) is 6.42 Å². The largest absolute Gasteiger partial charge is 0.339 e. The Bertz CT molecular complexity index is 501. The molecule has 0 aliphatic carbocycles. The van der Waals surface area contributed by atoms with E-state index in [-0.39, 0.29) is 18.2 Å². The van der Waals surface area contributed by atoms with Crippen LogP contribution in [0.1, 0.15) is 11.5 Å². The summed E-state index contributed by atoms with van der Waals surface area (Å²) in [5.74, 6) is 0.723. The van der Waals surface area contributed by atoms with Crippen LogP contribution in [0, 0.1) is 12.7 Å². The molecule has 0 bridgehead atoms. The van der Waals surface area contributed by atoms with Gasteiger partial charge in [-0.1, -0.05) is 5.16 Å². The zero-order valence-corrected chi connectivity index (χ0v) is 10.1. The standard InChI is InChI=1S/C11H12FN3O.ClH/c1-7-6-8(2-3-9(7)12)11-14-10(4-5-13)16-15-11;/h2-3,6H,4-5,13H2,1H3;1H. The average Bonchev–Trinajstić information content (AvgIpc) is 2.71. The third kappa shape index (κ3) is 3.01. The fraction of sp³-hybridized carbons (Fsp3) is 0.273. The van der Waals surface area contributed by atoms with Gasteiger partial charge in [-0.25, -0.2) is 4.39 Å². The minimum atomic E-state index is -0.241. The van der Waals surface area contributed by atoms with E-state index in [1.807, 2.05) is 0 Å². The minimum absolute atomic E-state index is 0. The third-order valence-electron chi connectivity index (χ3n) is 2.24. The number of aromatic nitrogens is 2. The molecule has 92 valence electrons. The van der Waals surface area contributed by atoms with Crippen molar-refractivity contribution >= 4 is 12.4 Å². The second-order valence-corrected chi connectivity index (χ2v) is 3.51. The van der Waals surface area contributed by atoms with Gasteiger partial charge in [-0.05, 0) is 30.7 Å². The molecule has 0 saturated carbocycles. The van der Waals surface area contributed by atoms with Crippen LogP contribution in [0.15, 0.2) is 22.7 Å². The van der Waals surface area contributed by atoms with Gasteiger partial charge in [0.15, 0.2) is 0 Å². The van der Waals surface area contributed by atoms with Gasteiger partial charge in [-0.2, -0.15) is 4.98 Å². The Labute approximate surface area is 104 Å². The molecule has 0 aliphatic heterocycles. The molecule has 0 atom stereocenters. The van der Waals surface area contributed by atoms with E-state index in [1.54, 1.807) is 19.1 Å². The van der Waals surface area contributed by atoms with Crippen molar-refractivity contribution in [2.45, 2.75) is 13.3 Å². The number of nitrogens with zero attached hydrogens (tertiary/aromatic N) is 2. The van der Waals surface area contributed by atoms with Crippen molar-refractivity contribution in [1.29, 1.82) is 0 Å². The molecule has 0 radical (unpaired) electrons. The summed E-state index contributed by atoms with van der Waals surface area (Å²) in [5, 5.41) is 3.81. The van der Waals surface area contributed by atoms with Crippen LogP contribution >= 0.6 is 12.4 Å². The molecule has 1 aromatic carbocycles. The van der Waals surface area contributed by atoms with Crippen LogP contribution in [-0.4, -0.2) is 16.7 Å². The summed E-state index contributed by atoms with van der Waals surface area (Å²) in [7, 11) is 0. The Balaban J connectivity index is 0.00000144. The molecule has 4 nitrogen and oxygen atoms in total. The molecular weight excluding hydrogens is 245 g/mol. The van der Waals surface area contributed by atoms with Gasteiger partial charge in [0, 0.05) is 18.5 Å². The Morgan fingerprint density at radius 2 is 2.18 bits per heavy atom. The van der Waals surface area contributed by atoms with Gasteiger partial charge in [-0.3, -0.25) is 0 Å². The summed E-state index contributed by atoms with van der Waals surface area (Å²) in [4.78, 5) is 4.16. The SMILES string of the molecule is Cc1cc(-c2noc(CCN)n2)ccc1F.Cl. The van der Waals surface area contributed by atoms with Gasteiger partial charge < -0.3 is 10.3 Å². The molecule has 0 saturated heterocycles. The molecule has 0 amide bonds. The predicted octanol–water partition coefficient (Wildman–Crippen LogP) is 2.11. The fourth-order valence-electron chi connectivity index (χ4n) is 1.38. The lowest BCUT2D eigenvalue weighted by atomic mass is 10.1. The van der Waals surface area contributed by atoms with E-state index in [0.29, 0.717) is 30.2 Å². The van der Waals surface area contributed by atoms with E-state index in [9.17, 15) is 4.39 Å². The number of hydrogen-bond acceptors (Lipinski definition) is 4. The Hall–Kier alpha value is -1.46. The molecule has 17 heavy (non-hydrogen) atoms. The van der Waals surface area contributed by atoms with Crippen LogP contribution < -0.4 is 5.73 Å². The molecular formula is C11H13ClFN3O. The number of rotatable bonds is 3. The molecule has 6 heteroatoms. The van der Waals surface area contributed by atoms with Gasteiger partial charge in [-0.15, -0.1) is 12.4 Å². The molecule has 2 rings (SSSR count). The van der Waals surface area contributed by atoms with Crippen molar-refractivity contribution in [1.82, 2.24) is 10.1 Å². The highest BCUT2D eigenvalue weighted by atomic mass is 35.5. The lowest BCUT2D eigenvalue weighted by Crippen LogP contribution is -2.02. The smallest absolute Gasteiger partial charge is 0.228 e. The predicted molar refractivity (Wildman–Crippen MR) is 64.4 cm³/mol. The highest BCUT2D eigenvalue weighted by Gasteiger charge is 2.09. The van der Waals surface area contributed by atoms with Gasteiger partial charge in [0.1, 0.15) is 5.82 Å². The highest BCUT2D eigenvalue weighted by molar-refractivity contribution is 5.85. The molecule has 2 aromatic rings. The van der Waals surface area contributed by atoms with E-state index < -0.39 is 0 Å². The van der Waals surface area contributed by atoms with E-state index in [0.717, 1.165) is 5.56 Å². The number of halogens is 2. The molecule has 2 N–H and O–H groups in total. The minimum Gasteiger partial charge on any atom is -0.339 e. The number of hydrogen-bond donors (Lipinski definition) is 1. The quantitative estimate of drug-likeness (QED) is 0.915. The molecule has 1 heterocycles. The highest BCUT2D eigenvalue weighted by Crippen LogP contribution is 2.18. The zero-order chi connectivity index (χ0) is 11.5. The number of aryl methyl sites for hydroxylation is 1. The van der Waals surface area contributed by atoms with Crippen LogP contribution in [0.4, 0.5) is 4.39 Å². The first kappa shape index (κ1) is 13.6. The lowest BCUT2D eigenvalue weighted by Gasteiger charge is -1.97.